The molecule has 0 spiro atoms. The number of hydrogen-bond donors (Lipinski definition) is 2. The van der Waals surface area contributed by atoms with Gasteiger partial charge in [-0.05, 0) is 36.6 Å². The van der Waals surface area contributed by atoms with Crippen LogP contribution in [0.15, 0.2) is 54.7 Å². The first kappa shape index (κ1) is 18.5. The second kappa shape index (κ2) is 8.40. The number of aryl methyl sites for hydroxylation is 1. The molecule has 0 radical (unpaired) electrons. The SMILES string of the molecule is Cc1nc(Nc2ccccc2C(C)C)cc(C(=O)NCc2ccccn2)n1. The molecule has 2 heterocycles. The monoisotopic (exact) mass is 361 g/mol. The molecule has 2 N–H and O–H groups in total. The normalized spacial score (nSPS) is 10.7. The number of aromatic nitrogens is 3. The molecule has 0 atom stereocenters. The van der Waals surface area contributed by atoms with Gasteiger partial charge in [0.1, 0.15) is 17.3 Å². The topological polar surface area (TPSA) is 79.8 Å². The molecule has 0 fully saturated rings. The fourth-order valence-electron chi connectivity index (χ4n) is 2.76. The van der Waals surface area contributed by atoms with Gasteiger partial charge in [0.05, 0.1) is 12.2 Å². The van der Waals surface area contributed by atoms with Crippen LogP contribution in [0, 0.1) is 6.92 Å². The van der Waals surface area contributed by atoms with Crippen LogP contribution >= 0.6 is 0 Å². The van der Waals surface area contributed by atoms with Crippen LogP contribution in [0.3, 0.4) is 0 Å². The molecule has 27 heavy (non-hydrogen) atoms. The Kier molecular flexibility index (Phi) is 5.76. The van der Waals surface area contributed by atoms with E-state index in [0.29, 0.717) is 29.8 Å². The van der Waals surface area contributed by atoms with E-state index in [4.69, 9.17) is 0 Å². The molecule has 0 bridgehead atoms. The molecule has 6 heteroatoms. The van der Waals surface area contributed by atoms with E-state index in [1.165, 1.54) is 5.56 Å². The highest BCUT2D eigenvalue weighted by Gasteiger charge is 2.12. The summed E-state index contributed by atoms with van der Waals surface area (Å²) in [6, 6.07) is 15.3. The van der Waals surface area contributed by atoms with Crippen molar-refractivity contribution < 1.29 is 4.79 Å². The number of rotatable bonds is 6. The van der Waals surface area contributed by atoms with Crippen molar-refractivity contribution in [2.24, 2.45) is 0 Å². The Bertz CT molecular complexity index is 925. The van der Waals surface area contributed by atoms with Gasteiger partial charge in [0.2, 0.25) is 0 Å². The number of benzene rings is 1. The first-order valence-corrected chi connectivity index (χ1v) is 8.92. The number of anilines is 2. The molecule has 1 aromatic carbocycles. The van der Waals surface area contributed by atoms with Crippen molar-refractivity contribution >= 4 is 17.4 Å². The third-order valence-corrected chi connectivity index (χ3v) is 4.07. The molecule has 3 rings (SSSR count). The summed E-state index contributed by atoms with van der Waals surface area (Å²) in [6.07, 6.45) is 1.70. The second-order valence-corrected chi connectivity index (χ2v) is 6.56. The van der Waals surface area contributed by atoms with Gasteiger partial charge in [0.15, 0.2) is 0 Å². The maximum Gasteiger partial charge on any atom is 0.270 e. The zero-order chi connectivity index (χ0) is 19.2. The molecular weight excluding hydrogens is 338 g/mol. The highest BCUT2D eigenvalue weighted by atomic mass is 16.1. The fraction of sp³-hybridized carbons (Fsp3) is 0.238. The van der Waals surface area contributed by atoms with Gasteiger partial charge in [0, 0.05) is 18.0 Å². The summed E-state index contributed by atoms with van der Waals surface area (Å²) in [7, 11) is 0. The van der Waals surface area contributed by atoms with Crippen LogP contribution in [-0.4, -0.2) is 20.9 Å². The molecule has 3 aromatic rings. The lowest BCUT2D eigenvalue weighted by molar-refractivity contribution is 0.0945. The van der Waals surface area contributed by atoms with Gasteiger partial charge in [-0.3, -0.25) is 9.78 Å². The molecule has 1 amide bonds. The molecule has 138 valence electrons. The fourth-order valence-corrected chi connectivity index (χ4v) is 2.76. The van der Waals surface area contributed by atoms with E-state index in [2.05, 4.69) is 45.5 Å². The lowest BCUT2D eigenvalue weighted by atomic mass is 10.0. The van der Waals surface area contributed by atoms with E-state index < -0.39 is 0 Å². The Labute approximate surface area is 159 Å². The van der Waals surface area contributed by atoms with Crippen LogP contribution in [-0.2, 0) is 6.54 Å². The second-order valence-electron chi connectivity index (χ2n) is 6.56. The van der Waals surface area contributed by atoms with Crippen LogP contribution in [0.1, 0.15) is 47.3 Å². The minimum atomic E-state index is -0.258. The minimum absolute atomic E-state index is 0.258. The van der Waals surface area contributed by atoms with E-state index in [9.17, 15) is 4.79 Å². The molecular formula is C21H23N5O. The van der Waals surface area contributed by atoms with Gasteiger partial charge in [-0.2, -0.15) is 0 Å². The predicted molar refractivity (Wildman–Crippen MR) is 106 cm³/mol. The van der Waals surface area contributed by atoms with Gasteiger partial charge in [-0.1, -0.05) is 38.1 Å². The van der Waals surface area contributed by atoms with E-state index in [-0.39, 0.29) is 5.91 Å². The summed E-state index contributed by atoms with van der Waals surface area (Å²) >= 11 is 0. The Morgan fingerprint density at radius 2 is 1.85 bits per heavy atom. The summed E-state index contributed by atoms with van der Waals surface area (Å²) in [4.78, 5) is 25.4. The van der Waals surface area contributed by atoms with Gasteiger partial charge in [-0.15, -0.1) is 0 Å². The van der Waals surface area contributed by atoms with Crippen LogP contribution in [0.25, 0.3) is 0 Å². The molecule has 6 nitrogen and oxygen atoms in total. The average Bonchev–Trinajstić information content (AvgIpc) is 2.66. The van der Waals surface area contributed by atoms with Crippen molar-refractivity contribution in [2.45, 2.75) is 33.2 Å². The third-order valence-electron chi connectivity index (χ3n) is 4.07. The van der Waals surface area contributed by atoms with E-state index >= 15 is 0 Å². The molecule has 0 saturated heterocycles. The number of amides is 1. The first-order chi connectivity index (χ1) is 13.0. The Morgan fingerprint density at radius 3 is 2.59 bits per heavy atom. The zero-order valence-electron chi connectivity index (χ0n) is 15.7. The Hall–Kier alpha value is -3.28. The van der Waals surface area contributed by atoms with E-state index in [1.807, 2.05) is 36.4 Å². The summed E-state index contributed by atoms with van der Waals surface area (Å²) in [6.45, 7) is 6.40. The smallest absolute Gasteiger partial charge is 0.270 e. The first-order valence-electron chi connectivity index (χ1n) is 8.92. The van der Waals surface area contributed by atoms with Crippen molar-refractivity contribution in [3.63, 3.8) is 0 Å². The van der Waals surface area contributed by atoms with Crippen LogP contribution in [0.5, 0.6) is 0 Å². The number of hydrogen-bond acceptors (Lipinski definition) is 5. The molecule has 0 aliphatic heterocycles. The number of pyridine rings is 1. The van der Waals surface area contributed by atoms with Gasteiger partial charge >= 0.3 is 0 Å². The highest BCUT2D eigenvalue weighted by molar-refractivity contribution is 5.93. The zero-order valence-corrected chi connectivity index (χ0v) is 15.7. The molecule has 0 saturated carbocycles. The van der Waals surface area contributed by atoms with Crippen LogP contribution in [0.2, 0.25) is 0 Å². The van der Waals surface area contributed by atoms with Crippen molar-refractivity contribution in [3.05, 3.63) is 77.5 Å². The third kappa shape index (κ3) is 4.88. The Balaban J connectivity index is 1.77. The van der Waals surface area contributed by atoms with Crippen molar-refractivity contribution in [1.82, 2.24) is 20.3 Å². The number of nitrogens with zero attached hydrogens (tertiary/aromatic N) is 3. The highest BCUT2D eigenvalue weighted by Crippen LogP contribution is 2.26. The number of carbonyl (C=O) groups excluding carboxylic acids is 1. The molecule has 0 aliphatic rings. The lowest BCUT2D eigenvalue weighted by Crippen LogP contribution is -2.24. The van der Waals surface area contributed by atoms with Crippen LogP contribution < -0.4 is 10.6 Å². The van der Waals surface area contributed by atoms with E-state index in [1.54, 1.807) is 19.2 Å². The molecule has 0 aliphatic carbocycles. The quantitative estimate of drug-likeness (QED) is 0.694. The summed E-state index contributed by atoms with van der Waals surface area (Å²) < 4.78 is 0. The standard InChI is InChI=1S/C21H23N5O/c1-14(2)17-9-4-5-10-18(17)26-20-12-19(24-15(3)25-20)21(27)23-13-16-8-6-7-11-22-16/h4-12,14H,13H2,1-3H3,(H,23,27)(H,24,25,26). The predicted octanol–water partition coefficient (Wildman–Crippen LogP) is 3.98. The average molecular weight is 361 g/mol. The van der Waals surface area contributed by atoms with Crippen molar-refractivity contribution in [3.8, 4) is 0 Å². The maximum absolute atomic E-state index is 12.5. The maximum atomic E-state index is 12.5. The number of carbonyl (C=O) groups is 1. The van der Waals surface area contributed by atoms with Gasteiger partial charge in [0.25, 0.3) is 5.91 Å². The van der Waals surface area contributed by atoms with Crippen LogP contribution in [0.4, 0.5) is 11.5 Å². The van der Waals surface area contributed by atoms with Crippen molar-refractivity contribution in [1.29, 1.82) is 0 Å². The minimum Gasteiger partial charge on any atom is -0.345 e. The summed E-state index contributed by atoms with van der Waals surface area (Å²) in [5, 5.41) is 6.16. The Morgan fingerprint density at radius 1 is 1.07 bits per heavy atom. The largest absolute Gasteiger partial charge is 0.345 e. The van der Waals surface area contributed by atoms with Gasteiger partial charge < -0.3 is 10.6 Å². The van der Waals surface area contributed by atoms with Gasteiger partial charge in [-0.25, -0.2) is 9.97 Å². The number of nitrogens with one attached hydrogen (secondary N) is 2. The van der Waals surface area contributed by atoms with Crippen molar-refractivity contribution in [2.75, 3.05) is 5.32 Å². The molecule has 2 aromatic heterocycles. The number of para-hydroxylation sites is 1. The molecule has 0 unspecified atom stereocenters. The summed E-state index contributed by atoms with van der Waals surface area (Å²) in [5.41, 5.74) is 3.28. The lowest BCUT2D eigenvalue weighted by Gasteiger charge is -2.14. The van der Waals surface area contributed by atoms with E-state index in [0.717, 1.165) is 11.4 Å². The summed E-state index contributed by atoms with van der Waals surface area (Å²) in [5.74, 6) is 1.24.